The Hall–Kier alpha value is -3.90. The molecule has 2 saturated carbocycles. The van der Waals surface area contributed by atoms with Gasteiger partial charge in [-0.25, -0.2) is 0 Å². The van der Waals surface area contributed by atoms with Crippen LogP contribution in [0.5, 0.6) is 5.75 Å². The highest BCUT2D eigenvalue weighted by Crippen LogP contribution is 2.67. The molecule has 55 heavy (non-hydrogen) atoms. The molecule has 3 fully saturated rings. The molecule has 11 nitrogen and oxygen atoms in total. The second kappa shape index (κ2) is 12.3. The number of rotatable bonds is 6. The average molecular weight is 753 g/mol. The minimum absolute atomic E-state index is 0.00492. The van der Waals surface area contributed by atoms with Gasteiger partial charge in [0.05, 0.1) is 25.9 Å². The molecule has 4 heterocycles. The molecule has 11 heteroatoms. The number of fused-ring (bicyclic) bond motifs is 6. The first kappa shape index (κ1) is 36.7. The molecule has 3 aliphatic heterocycles. The minimum Gasteiger partial charge on any atom is -0.496 e. The Labute approximate surface area is 322 Å². The van der Waals surface area contributed by atoms with E-state index >= 15 is 4.79 Å². The van der Waals surface area contributed by atoms with Crippen LogP contribution in [0.4, 0.5) is 5.69 Å². The number of esters is 1. The monoisotopic (exact) mass is 752 g/mol. The van der Waals surface area contributed by atoms with Gasteiger partial charge in [-0.15, -0.1) is 0 Å². The lowest BCUT2D eigenvalue weighted by molar-refractivity contribution is -0.201. The topological polar surface area (TPSA) is 162 Å². The Morgan fingerprint density at radius 1 is 1.02 bits per heavy atom. The van der Waals surface area contributed by atoms with E-state index in [2.05, 4.69) is 35.0 Å². The predicted molar refractivity (Wildman–Crippen MR) is 209 cm³/mol. The molecular weight excluding hydrogens is 697 g/mol. The van der Waals surface area contributed by atoms with Crippen molar-refractivity contribution in [3.05, 3.63) is 70.9 Å². The maximum atomic E-state index is 15.2. The van der Waals surface area contributed by atoms with Crippen molar-refractivity contribution in [2.45, 2.75) is 112 Å². The SMILES string of the molecule is CCC12C=CCN3CC[C@@]4(c5cc([C@@]6(C(=O)OC)C[C@@H]7CC(CCc8c6[nH]c6ccccc86)C[C@](O)(CC)C7)c(OC)cc5N(C)C4[C@@](O)(C(N)=O)[C@@H]1O)[C@@H]32. The van der Waals surface area contributed by atoms with Gasteiger partial charge in [0.2, 0.25) is 0 Å². The Morgan fingerprint density at radius 2 is 1.78 bits per heavy atom. The van der Waals surface area contributed by atoms with Crippen molar-refractivity contribution in [2.24, 2.45) is 23.0 Å². The molecule has 1 saturated heterocycles. The number of aryl methyl sites for hydroxylation is 1. The number of ether oxygens (including phenoxy) is 2. The number of hydrogen-bond donors (Lipinski definition) is 5. The van der Waals surface area contributed by atoms with Crippen LogP contribution < -0.4 is 15.4 Å². The number of anilines is 1. The van der Waals surface area contributed by atoms with Crippen LogP contribution in [0.3, 0.4) is 0 Å². The molecule has 0 radical (unpaired) electrons. The zero-order chi connectivity index (χ0) is 38.9. The first-order valence-corrected chi connectivity index (χ1v) is 20.3. The Balaban J connectivity index is 1.36. The molecule has 9 rings (SSSR count). The molecule has 1 spiro atoms. The van der Waals surface area contributed by atoms with E-state index in [0.717, 1.165) is 59.1 Å². The molecular formula is C44H56N4O7. The number of benzene rings is 2. The van der Waals surface area contributed by atoms with Crippen molar-refractivity contribution in [3.8, 4) is 5.75 Å². The second-order valence-corrected chi connectivity index (χ2v) is 17.8. The molecule has 2 bridgehead atoms. The van der Waals surface area contributed by atoms with Crippen LogP contribution >= 0.6 is 0 Å². The number of carbonyl (C=O) groups excluding carboxylic acids is 2. The van der Waals surface area contributed by atoms with Crippen LogP contribution in [0.1, 0.15) is 87.6 Å². The van der Waals surface area contributed by atoms with Crippen molar-refractivity contribution < 1.29 is 34.4 Å². The average Bonchev–Trinajstić information content (AvgIpc) is 3.84. The lowest BCUT2D eigenvalue weighted by atomic mass is 9.47. The number of H-pyrrole nitrogens is 1. The fourth-order valence-corrected chi connectivity index (χ4v) is 13.5. The number of amides is 1. The van der Waals surface area contributed by atoms with Gasteiger partial charge in [0.1, 0.15) is 17.3 Å². The Bertz CT molecular complexity index is 2120. The van der Waals surface area contributed by atoms with Crippen LogP contribution in [0.25, 0.3) is 10.9 Å². The van der Waals surface area contributed by atoms with Gasteiger partial charge in [-0.1, -0.05) is 44.2 Å². The van der Waals surface area contributed by atoms with Crippen LogP contribution in [0.2, 0.25) is 0 Å². The standard InChI is InChI=1S/C44H56N4O7/c1-6-40(52)22-25-13-14-28-27-11-8-9-12-31(27)46-34(28)43(39(51)55-5,24-26(19-25)23-40)30-20-29-32(21-33(30)54-4)47(3)36-42(29)16-18-48-17-10-15-41(7-2,35(42)48)37(49)44(36,53)38(45)50/h8-12,15,20-21,25-26,35-37,46,49,52-53H,6-7,13-14,16-19,22-24H2,1-5H3,(H2,45,50)/t25?,26-,35+,36?,37-,40-,41?,42-,43+,44+/m1/s1. The van der Waals surface area contributed by atoms with Gasteiger partial charge in [-0.05, 0) is 99.4 Å². The number of primary amides is 1. The molecule has 10 atom stereocenters. The lowest BCUT2D eigenvalue weighted by Crippen LogP contribution is -2.81. The summed E-state index contributed by atoms with van der Waals surface area (Å²) in [6.45, 7) is 5.42. The number of carbonyl (C=O) groups is 2. The molecule has 1 amide bonds. The normalized spacial score (nSPS) is 39.0. The number of likely N-dealkylation sites (N-methyl/N-ethyl adjacent to an activating group) is 1. The Kier molecular flexibility index (Phi) is 8.21. The van der Waals surface area contributed by atoms with E-state index in [0.29, 0.717) is 62.4 Å². The van der Waals surface area contributed by atoms with E-state index < -0.39 is 51.5 Å². The summed E-state index contributed by atoms with van der Waals surface area (Å²) < 4.78 is 12.2. The van der Waals surface area contributed by atoms with Gasteiger partial charge in [-0.3, -0.25) is 14.5 Å². The quantitative estimate of drug-likeness (QED) is 0.184. The molecule has 294 valence electrons. The largest absolute Gasteiger partial charge is 0.496 e. The third kappa shape index (κ3) is 4.52. The molecule has 3 unspecified atom stereocenters. The molecule has 6 aliphatic rings. The number of nitrogens with one attached hydrogen (secondary N) is 1. The van der Waals surface area contributed by atoms with E-state index in [-0.39, 0.29) is 12.0 Å². The van der Waals surface area contributed by atoms with Crippen molar-refractivity contribution in [1.82, 2.24) is 9.88 Å². The number of methoxy groups -OCH3 is 2. The summed E-state index contributed by atoms with van der Waals surface area (Å²) in [5.41, 5.74) is 4.97. The highest BCUT2D eigenvalue weighted by molar-refractivity contribution is 5.95. The van der Waals surface area contributed by atoms with E-state index in [1.807, 2.05) is 49.2 Å². The van der Waals surface area contributed by atoms with Crippen molar-refractivity contribution in [2.75, 3.05) is 39.3 Å². The van der Waals surface area contributed by atoms with Gasteiger partial charge in [0.25, 0.3) is 5.91 Å². The third-order valence-corrected chi connectivity index (χ3v) is 15.7. The zero-order valence-electron chi connectivity index (χ0n) is 32.7. The lowest BCUT2D eigenvalue weighted by Gasteiger charge is -2.63. The zero-order valence-corrected chi connectivity index (χ0v) is 32.7. The molecule has 1 aromatic heterocycles. The maximum Gasteiger partial charge on any atom is 0.322 e. The Morgan fingerprint density at radius 3 is 2.49 bits per heavy atom. The smallest absolute Gasteiger partial charge is 0.322 e. The van der Waals surface area contributed by atoms with Gasteiger partial charge in [-0.2, -0.15) is 0 Å². The minimum atomic E-state index is -2.30. The number of hydrogen-bond acceptors (Lipinski definition) is 9. The highest BCUT2D eigenvalue weighted by atomic mass is 16.5. The summed E-state index contributed by atoms with van der Waals surface area (Å²) in [6, 6.07) is 11.1. The molecule has 2 aromatic carbocycles. The summed E-state index contributed by atoms with van der Waals surface area (Å²) >= 11 is 0. The van der Waals surface area contributed by atoms with Gasteiger partial charge in [0, 0.05) is 64.4 Å². The first-order valence-electron chi connectivity index (χ1n) is 20.3. The van der Waals surface area contributed by atoms with Crippen molar-refractivity contribution in [1.29, 1.82) is 0 Å². The number of aliphatic hydroxyl groups is 3. The van der Waals surface area contributed by atoms with Crippen LogP contribution in [-0.2, 0) is 31.6 Å². The molecule has 3 aliphatic carbocycles. The van der Waals surface area contributed by atoms with Gasteiger partial charge in [0.15, 0.2) is 5.60 Å². The van der Waals surface area contributed by atoms with Crippen LogP contribution in [0, 0.1) is 17.3 Å². The van der Waals surface area contributed by atoms with E-state index in [1.165, 1.54) is 7.11 Å². The van der Waals surface area contributed by atoms with Crippen molar-refractivity contribution in [3.63, 3.8) is 0 Å². The number of nitrogens with two attached hydrogens (primary N) is 1. The van der Waals surface area contributed by atoms with Crippen molar-refractivity contribution >= 4 is 28.5 Å². The fraction of sp³-hybridized carbons (Fsp3) is 0.591. The van der Waals surface area contributed by atoms with Crippen LogP contribution in [-0.4, -0.2) is 101 Å². The molecule has 3 aromatic rings. The predicted octanol–water partition coefficient (Wildman–Crippen LogP) is 4.22. The van der Waals surface area contributed by atoms with E-state index in [4.69, 9.17) is 15.2 Å². The van der Waals surface area contributed by atoms with Crippen LogP contribution in [0.15, 0.2) is 48.6 Å². The van der Waals surface area contributed by atoms with E-state index in [1.54, 1.807) is 7.11 Å². The first-order chi connectivity index (χ1) is 26.3. The summed E-state index contributed by atoms with van der Waals surface area (Å²) in [5.74, 6) is -0.599. The molecule has 6 N–H and O–H groups in total. The summed E-state index contributed by atoms with van der Waals surface area (Å²) in [7, 11) is 4.92. The van der Waals surface area contributed by atoms with E-state index in [9.17, 15) is 20.1 Å². The fourth-order valence-electron chi connectivity index (χ4n) is 13.5. The number of aromatic amines is 1. The number of para-hydroxylation sites is 1. The summed E-state index contributed by atoms with van der Waals surface area (Å²) in [6.07, 6.45) is 8.52. The third-order valence-electron chi connectivity index (χ3n) is 15.7. The number of aliphatic hydroxyl groups excluding tert-OH is 1. The highest BCUT2D eigenvalue weighted by Gasteiger charge is 2.78. The number of aromatic nitrogens is 1. The maximum absolute atomic E-state index is 15.2. The summed E-state index contributed by atoms with van der Waals surface area (Å²) in [5, 5.41) is 38.0. The second-order valence-electron chi connectivity index (χ2n) is 17.8. The van der Waals surface area contributed by atoms with Gasteiger partial charge >= 0.3 is 5.97 Å². The van der Waals surface area contributed by atoms with Gasteiger partial charge < -0.3 is 40.4 Å². The summed E-state index contributed by atoms with van der Waals surface area (Å²) in [4.78, 5) is 37.0. The number of nitrogens with zero attached hydrogens (tertiary/aromatic N) is 2.